The fourth-order valence-corrected chi connectivity index (χ4v) is 2.75. The largest absolute Gasteiger partial charge is 0.462 e. The molecule has 0 aliphatic heterocycles. The van der Waals surface area contributed by atoms with Gasteiger partial charge in [0.2, 0.25) is 0 Å². The third-order valence-electron chi connectivity index (χ3n) is 4.87. The lowest BCUT2D eigenvalue weighted by atomic mass is 9.80. The first-order chi connectivity index (χ1) is 9.16. The van der Waals surface area contributed by atoms with Crippen molar-refractivity contribution in [2.75, 3.05) is 0 Å². The van der Waals surface area contributed by atoms with E-state index in [1.165, 1.54) is 0 Å². The van der Waals surface area contributed by atoms with Gasteiger partial charge in [0.15, 0.2) is 0 Å². The number of hydrogen-bond acceptors (Lipinski definition) is 3. The highest BCUT2D eigenvalue weighted by Gasteiger charge is 2.32. The maximum Gasteiger partial charge on any atom is 0.311 e. The molecule has 1 aliphatic rings. The van der Waals surface area contributed by atoms with Crippen molar-refractivity contribution in [2.24, 2.45) is 11.3 Å². The molecule has 1 N–H and O–H groups in total. The van der Waals surface area contributed by atoms with Crippen LogP contribution in [0.5, 0.6) is 0 Å². The molecule has 0 unspecified atom stereocenters. The highest BCUT2D eigenvalue weighted by atomic mass is 16.5. The van der Waals surface area contributed by atoms with E-state index in [0.717, 1.165) is 44.9 Å². The van der Waals surface area contributed by atoms with Crippen molar-refractivity contribution in [2.45, 2.75) is 91.3 Å². The van der Waals surface area contributed by atoms with E-state index in [1.807, 2.05) is 34.6 Å². The third-order valence-corrected chi connectivity index (χ3v) is 4.87. The highest BCUT2D eigenvalue weighted by Crippen LogP contribution is 2.32. The summed E-state index contributed by atoms with van der Waals surface area (Å²) in [7, 11) is 0. The zero-order chi connectivity index (χ0) is 15.4. The van der Waals surface area contributed by atoms with Crippen LogP contribution in [0.4, 0.5) is 0 Å². The fraction of sp³-hybridized carbons (Fsp3) is 0.941. The molecule has 0 saturated heterocycles. The van der Waals surface area contributed by atoms with Crippen molar-refractivity contribution in [3.63, 3.8) is 0 Å². The Balaban J connectivity index is 2.48. The van der Waals surface area contributed by atoms with Crippen LogP contribution in [0.15, 0.2) is 0 Å². The van der Waals surface area contributed by atoms with Crippen LogP contribution in [0.3, 0.4) is 0 Å². The Bertz CT molecular complexity index is 305. The van der Waals surface area contributed by atoms with E-state index < -0.39 is 5.60 Å². The summed E-state index contributed by atoms with van der Waals surface area (Å²) in [6, 6.07) is 0. The smallest absolute Gasteiger partial charge is 0.311 e. The Morgan fingerprint density at radius 3 is 2.00 bits per heavy atom. The minimum Gasteiger partial charge on any atom is -0.462 e. The van der Waals surface area contributed by atoms with Gasteiger partial charge in [0, 0.05) is 0 Å². The van der Waals surface area contributed by atoms with Crippen LogP contribution in [0.2, 0.25) is 0 Å². The summed E-state index contributed by atoms with van der Waals surface area (Å²) < 4.78 is 5.70. The molecular weight excluding hydrogens is 252 g/mol. The molecule has 1 rings (SSSR count). The molecule has 0 amide bonds. The lowest BCUT2D eigenvalue weighted by Gasteiger charge is -2.33. The van der Waals surface area contributed by atoms with Crippen molar-refractivity contribution in [3.8, 4) is 0 Å². The van der Waals surface area contributed by atoms with Gasteiger partial charge in [-0.15, -0.1) is 0 Å². The van der Waals surface area contributed by atoms with E-state index in [2.05, 4.69) is 0 Å². The number of ether oxygens (including phenoxy) is 1. The SMILES string of the molecule is CCC(C)(C)C(=O)OC1CCCC(C(C)(C)O)CCC1. The Morgan fingerprint density at radius 2 is 1.60 bits per heavy atom. The lowest BCUT2D eigenvalue weighted by Crippen LogP contribution is -2.34. The van der Waals surface area contributed by atoms with Gasteiger partial charge >= 0.3 is 5.97 Å². The summed E-state index contributed by atoms with van der Waals surface area (Å²) in [6.07, 6.45) is 6.83. The molecule has 118 valence electrons. The number of esters is 1. The second kappa shape index (κ2) is 6.93. The summed E-state index contributed by atoms with van der Waals surface area (Å²) in [5.41, 5.74) is -0.967. The maximum absolute atomic E-state index is 12.1. The molecule has 0 spiro atoms. The molecule has 0 aromatic heterocycles. The highest BCUT2D eigenvalue weighted by molar-refractivity contribution is 5.75. The minimum absolute atomic E-state index is 0.0652. The van der Waals surface area contributed by atoms with E-state index in [1.54, 1.807) is 0 Å². The van der Waals surface area contributed by atoms with Crippen LogP contribution < -0.4 is 0 Å². The van der Waals surface area contributed by atoms with Gasteiger partial charge < -0.3 is 9.84 Å². The van der Waals surface area contributed by atoms with Gasteiger partial charge in [0.25, 0.3) is 0 Å². The van der Waals surface area contributed by atoms with Crippen LogP contribution in [-0.2, 0) is 9.53 Å². The molecule has 0 aromatic rings. The van der Waals surface area contributed by atoms with E-state index in [-0.39, 0.29) is 17.5 Å². The van der Waals surface area contributed by atoms with Crippen molar-refractivity contribution in [1.29, 1.82) is 0 Å². The molecule has 0 heterocycles. The van der Waals surface area contributed by atoms with Gasteiger partial charge in [-0.1, -0.05) is 6.92 Å². The number of rotatable bonds is 4. The standard InChI is InChI=1S/C17H32O3/c1-6-16(2,3)15(18)20-14-11-7-9-13(10-8-12-14)17(4,5)19/h13-14,19H,6-12H2,1-5H3. The number of carbonyl (C=O) groups excluding carboxylic acids is 1. The predicted octanol–water partition coefficient (Wildman–Crippen LogP) is 4.08. The van der Waals surface area contributed by atoms with Gasteiger partial charge in [-0.05, 0) is 78.6 Å². The topological polar surface area (TPSA) is 46.5 Å². The van der Waals surface area contributed by atoms with Gasteiger partial charge in [-0.25, -0.2) is 0 Å². The van der Waals surface area contributed by atoms with E-state index in [4.69, 9.17) is 4.74 Å². The Hall–Kier alpha value is -0.570. The normalized spacial score (nSPS) is 25.7. The lowest BCUT2D eigenvalue weighted by molar-refractivity contribution is -0.161. The molecule has 0 atom stereocenters. The van der Waals surface area contributed by atoms with E-state index in [0.29, 0.717) is 5.92 Å². The summed E-state index contributed by atoms with van der Waals surface area (Å²) in [5.74, 6) is 0.302. The van der Waals surface area contributed by atoms with E-state index in [9.17, 15) is 9.90 Å². The van der Waals surface area contributed by atoms with Gasteiger partial charge in [-0.2, -0.15) is 0 Å². The molecule has 0 radical (unpaired) electrons. The fourth-order valence-electron chi connectivity index (χ4n) is 2.75. The molecular formula is C17H32O3. The number of carbonyl (C=O) groups is 1. The zero-order valence-electron chi connectivity index (χ0n) is 13.9. The van der Waals surface area contributed by atoms with Crippen molar-refractivity contribution in [3.05, 3.63) is 0 Å². The summed E-state index contributed by atoms with van der Waals surface area (Å²) >= 11 is 0. The summed E-state index contributed by atoms with van der Waals surface area (Å²) in [4.78, 5) is 12.1. The van der Waals surface area contributed by atoms with Crippen molar-refractivity contribution >= 4 is 5.97 Å². The Kier molecular flexibility index (Phi) is 6.06. The second-order valence-corrected chi connectivity index (χ2v) is 7.48. The average molecular weight is 284 g/mol. The summed E-state index contributed by atoms with van der Waals surface area (Å²) in [5, 5.41) is 10.1. The monoisotopic (exact) mass is 284 g/mol. The molecule has 0 aromatic carbocycles. The van der Waals surface area contributed by atoms with Crippen LogP contribution in [0.25, 0.3) is 0 Å². The van der Waals surface area contributed by atoms with Crippen molar-refractivity contribution < 1.29 is 14.6 Å². The zero-order valence-corrected chi connectivity index (χ0v) is 13.9. The first-order valence-electron chi connectivity index (χ1n) is 8.10. The van der Waals surface area contributed by atoms with Crippen molar-refractivity contribution in [1.82, 2.24) is 0 Å². The molecule has 1 fully saturated rings. The first-order valence-corrected chi connectivity index (χ1v) is 8.10. The van der Waals surface area contributed by atoms with Gasteiger partial charge in [-0.3, -0.25) is 4.79 Å². The summed E-state index contributed by atoms with van der Waals surface area (Å²) in [6.45, 7) is 9.72. The molecule has 1 aliphatic carbocycles. The second-order valence-electron chi connectivity index (χ2n) is 7.48. The molecule has 1 saturated carbocycles. The molecule has 3 heteroatoms. The van der Waals surface area contributed by atoms with Crippen LogP contribution in [0, 0.1) is 11.3 Å². The van der Waals surface area contributed by atoms with E-state index >= 15 is 0 Å². The quantitative estimate of drug-likeness (QED) is 0.791. The van der Waals surface area contributed by atoms with Gasteiger partial charge in [0.05, 0.1) is 11.0 Å². The number of aliphatic hydroxyl groups is 1. The Labute approximate surface area is 124 Å². The molecule has 20 heavy (non-hydrogen) atoms. The average Bonchev–Trinajstić information content (AvgIpc) is 2.30. The Morgan fingerprint density at radius 1 is 1.10 bits per heavy atom. The minimum atomic E-state index is -0.590. The predicted molar refractivity (Wildman–Crippen MR) is 81.4 cm³/mol. The van der Waals surface area contributed by atoms with Crippen LogP contribution in [-0.4, -0.2) is 22.8 Å². The number of hydrogen-bond donors (Lipinski definition) is 1. The first kappa shape index (κ1) is 17.5. The maximum atomic E-state index is 12.1. The van der Waals surface area contributed by atoms with Gasteiger partial charge in [0.1, 0.15) is 6.10 Å². The van der Waals surface area contributed by atoms with Crippen LogP contribution >= 0.6 is 0 Å². The molecule has 3 nitrogen and oxygen atoms in total. The third kappa shape index (κ3) is 5.08. The van der Waals surface area contributed by atoms with Crippen LogP contribution in [0.1, 0.15) is 79.6 Å². The molecule has 0 bridgehead atoms.